The smallest absolute Gasteiger partial charge is 0.303 e. The van der Waals surface area contributed by atoms with E-state index in [1.807, 2.05) is 12.2 Å². The summed E-state index contributed by atoms with van der Waals surface area (Å²) in [4.78, 5) is 22.5. The lowest BCUT2D eigenvalue weighted by molar-refractivity contribution is -0.137. The van der Waals surface area contributed by atoms with Crippen molar-refractivity contribution in [1.29, 1.82) is 0 Å². The molecular weight excluding hydrogens is 320 g/mol. The van der Waals surface area contributed by atoms with Gasteiger partial charge in [0.25, 0.3) is 0 Å². The van der Waals surface area contributed by atoms with Crippen molar-refractivity contribution in [2.45, 2.75) is 76.9 Å². The monoisotopic (exact) mass is 352 g/mol. The van der Waals surface area contributed by atoms with Crippen molar-refractivity contribution >= 4 is 11.8 Å². The zero-order valence-electron chi connectivity index (χ0n) is 15.1. The highest BCUT2D eigenvalue weighted by atomic mass is 16.4. The zero-order valence-corrected chi connectivity index (χ0v) is 15.1. The molecule has 4 atom stereocenters. The van der Waals surface area contributed by atoms with Crippen LogP contribution in [0.15, 0.2) is 24.3 Å². The van der Waals surface area contributed by atoms with Crippen LogP contribution in [0.1, 0.15) is 64.7 Å². The number of aliphatic carboxylic acids is 1. The van der Waals surface area contributed by atoms with E-state index in [1.165, 1.54) is 0 Å². The SMILES string of the molecule is CCCCC[C@H](O)/C=C/[C@H]1C(=O)C[C@H](O)[C@H]1C/C=C\CCCC(=O)O. The van der Waals surface area contributed by atoms with Crippen molar-refractivity contribution < 1.29 is 24.9 Å². The quantitative estimate of drug-likeness (QED) is 0.370. The van der Waals surface area contributed by atoms with E-state index in [1.54, 1.807) is 12.2 Å². The van der Waals surface area contributed by atoms with Crippen LogP contribution in [0.5, 0.6) is 0 Å². The summed E-state index contributed by atoms with van der Waals surface area (Å²) in [5.74, 6) is -1.29. The molecule has 0 unspecified atom stereocenters. The molecule has 5 nitrogen and oxygen atoms in total. The van der Waals surface area contributed by atoms with Gasteiger partial charge in [-0.3, -0.25) is 9.59 Å². The Labute approximate surface area is 150 Å². The minimum atomic E-state index is -0.798. The Bertz CT molecular complexity index is 469. The fraction of sp³-hybridized carbons (Fsp3) is 0.700. The predicted molar refractivity (Wildman–Crippen MR) is 97.1 cm³/mol. The summed E-state index contributed by atoms with van der Waals surface area (Å²) in [7, 11) is 0. The molecule has 0 spiro atoms. The fourth-order valence-electron chi connectivity index (χ4n) is 3.22. The molecule has 0 aromatic rings. The third kappa shape index (κ3) is 8.45. The van der Waals surface area contributed by atoms with E-state index in [9.17, 15) is 19.8 Å². The Balaban J connectivity index is 2.48. The molecule has 5 heteroatoms. The van der Waals surface area contributed by atoms with Crippen molar-refractivity contribution in [3.05, 3.63) is 24.3 Å². The Hall–Kier alpha value is -1.46. The standard InChI is InChI=1S/C20H32O5/c1-2-3-6-9-15(21)12-13-17-16(18(22)14-19(17)23)10-7-4-5-8-11-20(24)25/h4,7,12-13,15-18,21-22H,2-3,5-6,8-11,14H2,1H3,(H,24,25)/b7-4-,13-12+/t15-,16-,17+,18-/m0/s1. The third-order valence-corrected chi connectivity index (χ3v) is 4.72. The van der Waals surface area contributed by atoms with E-state index in [4.69, 9.17) is 5.11 Å². The number of rotatable bonds is 12. The van der Waals surface area contributed by atoms with E-state index >= 15 is 0 Å². The van der Waals surface area contributed by atoms with E-state index in [0.717, 1.165) is 19.3 Å². The first-order valence-electron chi connectivity index (χ1n) is 9.39. The number of carboxylic acids is 1. The number of ketones is 1. The second-order valence-corrected chi connectivity index (χ2v) is 6.87. The largest absolute Gasteiger partial charge is 0.481 e. The second kappa shape index (κ2) is 12.0. The molecule has 0 saturated heterocycles. The predicted octanol–water partition coefficient (Wildman–Crippen LogP) is 3.25. The van der Waals surface area contributed by atoms with Gasteiger partial charge in [-0.15, -0.1) is 0 Å². The lowest BCUT2D eigenvalue weighted by Gasteiger charge is -2.17. The maximum Gasteiger partial charge on any atom is 0.303 e. The van der Waals surface area contributed by atoms with Crippen LogP contribution in [-0.4, -0.2) is 39.3 Å². The molecule has 1 aliphatic carbocycles. The molecule has 1 fully saturated rings. The van der Waals surface area contributed by atoms with Crippen LogP contribution in [0.4, 0.5) is 0 Å². The van der Waals surface area contributed by atoms with Crippen LogP contribution in [0.3, 0.4) is 0 Å². The van der Waals surface area contributed by atoms with Gasteiger partial charge in [-0.05, 0) is 25.7 Å². The maximum atomic E-state index is 12.1. The number of unbranched alkanes of at least 4 members (excludes halogenated alkanes) is 3. The lowest BCUT2D eigenvalue weighted by atomic mass is 9.90. The number of hydrogen-bond donors (Lipinski definition) is 3. The van der Waals surface area contributed by atoms with Crippen molar-refractivity contribution in [3.63, 3.8) is 0 Å². The Morgan fingerprint density at radius 1 is 1.28 bits per heavy atom. The van der Waals surface area contributed by atoms with Gasteiger partial charge in [-0.25, -0.2) is 0 Å². The highest BCUT2D eigenvalue weighted by molar-refractivity contribution is 5.86. The summed E-state index contributed by atoms with van der Waals surface area (Å²) in [5, 5.41) is 28.7. The second-order valence-electron chi connectivity index (χ2n) is 6.87. The third-order valence-electron chi connectivity index (χ3n) is 4.72. The number of allylic oxidation sites excluding steroid dienone is 3. The van der Waals surface area contributed by atoms with Crippen molar-refractivity contribution in [1.82, 2.24) is 0 Å². The van der Waals surface area contributed by atoms with Crippen LogP contribution < -0.4 is 0 Å². The average molecular weight is 352 g/mol. The molecule has 0 radical (unpaired) electrons. The molecule has 0 bridgehead atoms. The first-order chi connectivity index (χ1) is 12.0. The average Bonchev–Trinajstić information content (AvgIpc) is 2.82. The zero-order chi connectivity index (χ0) is 18.7. The van der Waals surface area contributed by atoms with Crippen LogP contribution in [0, 0.1) is 11.8 Å². The van der Waals surface area contributed by atoms with Gasteiger partial charge in [0, 0.05) is 24.7 Å². The van der Waals surface area contributed by atoms with Gasteiger partial charge in [0.05, 0.1) is 12.2 Å². The van der Waals surface area contributed by atoms with Gasteiger partial charge in [0.15, 0.2) is 0 Å². The van der Waals surface area contributed by atoms with Gasteiger partial charge in [-0.1, -0.05) is 50.5 Å². The molecule has 0 aromatic carbocycles. The van der Waals surface area contributed by atoms with Crippen LogP contribution in [0.2, 0.25) is 0 Å². The normalized spacial score (nSPS) is 25.2. The van der Waals surface area contributed by atoms with Crippen molar-refractivity contribution in [3.8, 4) is 0 Å². The number of Topliss-reactive ketones (excluding diaryl/α,β-unsaturated/α-hetero) is 1. The molecule has 1 rings (SSSR count). The van der Waals surface area contributed by atoms with Gasteiger partial charge in [0.1, 0.15) is 5.78 Å². The molecule has 142 valence electrons. The van der Waals surface area contributed by atoms with Crippen molar-refractivity contribution in [2.75, 3.05) is 0 Å². The molecule has 0 heterocycles. The number of carbonyl (C=O) groups is 2. The van der Waals surface area contributed by atoms with Crippen molar-refractivity contribution in [2.24, 2.45) is 11.8 Å². The first kappa shape index (κ1) is 21.6. The number of hydrogen-bond acceptors (Lipinski definition) is 4. The molecule has 1 saturated carbocycles. The van der Waals surface area contributed by atoms with E-state index in [-0.39, 0.29) is 30.5 Å². The summed E-state index contributed by atoms with van der Waals surface area (Å²) in [6.07, 6.45) is 12.1. The number of aliphatic hydroxyl groups is 2. The molecular formula is C20H32O5. The summed E-state index contributed by atoms with van der Waals surface area (Å²) in [5.41, 5.74) is 0. The lowest BCUT2D eigenvalue weighted by Crippen LogP contribution is -2.19. The van der Waals surface area contributed by atoms with Crippen LogP contribution >= 0.6 is 0 Å². The molecule has 0 aliphatic heterocycles. The molecule has 0 aromatic heterocycles. The van der Waals surface area contributed by atoms with Gasteiger partial charge >= 0.3 is 5.97 Å². The van der Waals surface area contributed by atoms with Gasteiger partial charge in [-0.2, -0.15) is 0 Å². The van der Waals surface area contributed by atoms with Gasteiger partial charge in [0.2, 0.25) is 0 Å². The van der Waals surface area contributed by atoms with Crippen LogP contribution in [-0.2, 0) is 9.59 Å². The summed E-state index contributed by atoms with van der Waals surface area (Å²) < 4.78 is 0. The molecule has 0 amide bonds. The number of carboxylic acid groups (broad SMARTS) is 1. The first-order valence-corrected chi connectivity index (χ1v) is 9.39. The Morgan fingerprint density at radius 2 is 2.04 bits per heavy atom. The highest BCUT2D eigenvalue weighted by Crippen LogP contribution is 2.33. The number of aliphatic hydroxyl groups excluding tert-OH is 2. The topological polar surface area (TPSA) is 94.8 Å². The fourth-order valence-corrected chi connectivity index (χ4v) is 3.22. The molecule has 25 heavy (non-hydrogen) atoms. The minimum absolute atomic E-state index is 0.0220. The minimum Gasteiger partial charge on any atom is -0.481 e. The molecule has 3 N–H and O–H groups in total. The van der Waals surface area contributed by atoms with E-state index in [2.05, 4.69) is 6.92 Å². The Kier molecular flexibility index (Phi) is 10.3. The summed E-state index contributed by atoms with van der Waals surface area (Å²) in [6, 6.07) is 0. The summed E-state index contributed by atoms with van der Waals surface area (Å²) in [6.45, 7) is 2.11. The summed E-state index contributed by atoms with van der Waals surface area (Å²) >= 11 is 0. The Morgan fingerprint density at radius 3 is 2.72 bits per heavy atom. The van der Waals surface area contributed by atoms with E-state index < -0.39 is 18.2 Å². The highest BCUT2D eigenvalue weighted by Gasteiger charge is 2.39. The van der Waals surface area contributed by atoms with Crippen LogP contribution in [0.25, 0.3) is 0 Å². The van der Waals surface area contributed by atoms with Gasteiger partial charge < -0.3 is 15.3 Å². The van der Waals surface area contributed by atoms with E-state index in [0.29, 0.717) is 25.7 Å². The maximum absolute atomic E-state index is 12.1. The molecule has 1 aliphatic rings. The number of carbonyl (C=O) groups excluding carboxylic acids is 1.